The Morgan fingerprint density at radius 1 is 0.865 bits per heavy atom. The summed E-state index contributed by atoms with van der Waals surface area (Å²) < 4.78 is 11.6. The van der Waals surface area contributed by atoms with E-state index >= 15 is 0 Å². The lowest BCUT2D eigenvalue weighted by molar-refractivity contribution is -0.136. The Balaban J connectivity index is 1.51. The lowest BCUT2D eigenvalue weighted by Crippen LogP contribution is -2.43. The van der Waals surface area contributed by atoms with E-state index in [0.717, 1.165) is 4.47 Å². The zero-order valence-electron chi connectivity index (χ0n) is 19.8. The minimum Gasteiger partial charge on any atom is -0.493 e. The molecule has 0 spiro atoms. The molecule has 1 amide bonds. The van der Waals surface area contributed by atoms with Gasteiger partial charge in [-0.3, -0.25) is 4.79 Å². The van der Waals surface area contributed by atoms with Gasteiger partial charge in [0.25, 0.3) is 5.91 Å². The van der Waals surface area contributed by atoms with E-state index in [-0.39, 0.29) is 5.75 Å². The molecule has 0 aliphatic rings. The number of hydrogen-bond donors (Lipinski definition) is 2. The van der Waals surface area contributed by atoms with E-state index in [2.05, 4.69) is 26.5 Å². The number of rotatable bonds is 8. The highest BCUT2D eigenvalue weighted by Gasteiger charge is 2.39. The fraction of sp³-hybridized carbons (Fsp3) is 0.0690. The summed E-state index contributed by atoms with van der Waals surface area (Å²) in [5.74, 6) is -0.707. The van der Waals surface area contributed by atoms with Crippen LogP contribution in [-0.4, -0.2) is 30.3 Å². The Labute approximate surface area is 222 Å². The molecule has 0 aromatic heterocycles. The van der Waals surface area contributed by atoms with E-state index in [1.807, 2.05) is 6.07 Å². The number of methoxy groups -OCH3 is 1. The van der Waals surface area contributed by atoms with Crippen LogP contribution in [0.5, 0.6) is 11.5 Å². The number of hydrazone groups is 1. The second-order valence-corrected chi connectivity index (χ2v) is 8.87. The Bertz CT molecular complexity index is 1390. The third-order valence-corrected chi connectivity index (χ3v) is 6.04. The van der Waals surface area contributed by atoms with Crippen LogP contribution in [0.4, 0.5) is 0 Å². The fourth-order valence-electron chi connectivity index (χ4n) is 3.66. The zero-order valence-corrected chi connectivity index (χ0v) is 21.4. The number of halogens is 1. The lowest BCUT2D eigenvalue weighted by Gasteiger charge is -2.27. The molecule has 0 saturated carbocycles. The quantitative estimate of drug-likeness (QED) is 0.136. The number of amides is 1. The van der Waals surface area contributed by atoms with Crippen molar-refractivity contribution in [3.8, 4) is 11.5 Å². The Kier molecular flexibility index (Phi) is 8.12. The van der Waals surface area contributed by atoms with E-state index in [1.54, 1.807) is 97.1 Å². The second-order valence-electron chi connectivity index (χ2n) is 7.95. The third kappa shape index (κ3) is 5.94. The van der Waals surface area contributed by atoms with Crippen molar-refractivity contribution in [3.63, 3.8) is 0 Å². The van der Waals surface area contributed by atoms with Gasteiger partial charge in [-0.05, 0) is 53.1 Å². The average Bonchev–Trinajstić information content (AvgIpc) is 2.94. The summed E-state index contributed by atoms with van der Waals surface area (Å²) in [6.45, 7) is 0. The van der Waals surface area contributed by atoms with Crippen LogP contribution in [0, 0.1) is 0 Å². The SMILES string of the molecule is COc1cc(/C=N/NC(=O)C(O)(c2ccccc2)c2ccccc2)ccc1OC(=O)c1cccc(Br)c1. The highest BCUT2D eigenvalue weighted by Crippen LogP contribution is 2.30. The van der Waals surface area contributed by atoms with Gasteiger partial charge in [0.2, 0.25) is 0 Å². The van der Waals surface area contributed by atoms with Crippen LogP contribution in [0.15, 0.2) is 113 Å². The maximum Gasteiger partial charge on any atom is 0.343 e. The lowest BCUT2D eigenvalue weighted by atomic mass is 9.85. The molecule has 0 aliphatic heterocycles. The van der Waals surface area contributed by atoms with Gasteiger partial charge >= 0.3 is 5.97 Å². The first-order chi connectivity index (χ1) is 17.9. The van der Waals surface area contributed by atoms with Crippen LogP contribution >= 0.6 is 15.9 Å². The summed E-state index contributed by atoms with van der Waals surface area (Å²) in [4.78, 5) is 25.7. The zero-order chi connectivity index (χ0) is 26.3. The number of benzene rings is 4. The number of carbonyl (C=O) groups excluding carboxylic acids is 2. The largest absolute Gasteiger partial charge is 0.493 e. The van der Waals surface area contributed by atoms with Gasteiger partial charge in [-0.25, -0.2) is 10.2 Å². The molecule has 2 N–H and O–H groups in total. The van der Waals surface area contributed by atoms with Gasteiger partial charge < -0.3 is 14.6 Å². The molecule has 0 aliphatic carbocycles. The minimum absolute atomic E-state index is 0.233. The summed E-state index contributed by atoms with van der Waals surface area (Å²) in [5, 5.41) is 15.5. The topological polar surface area (TPSA) is 97.2 Å². The highest BCUT2D eigenvalue weighted by atomic mass is 79.9. The van der Waals surface area contributed by atoms with Gasteiger partial charge in [-0.15, -0.1) is 0 Å². The number of ether oxygens (including phenoxy) is 2. The molecule has 4 rings (SSSR count). The molecule has 186 valence electrons. The van der Waals surface area contributed by atoms with Gasteiger partial charge in [-0.2, -0.15) is 5.10 Å². The third-order valence-electron chi connectivity index (χ3n) is 5.54. The standard InChI is InChI=1S/C29H23BrN2O5/c1-36-26-17-20(15-16-25(26)37-27(33)21-9-8-14-24(30)18-21)19-31-32-28(34)29(35,22-10-4-2-5-11-22)23-12-6-3-7-13-23/h2-19,35H,1H3,(H,32,34)/b31-19+. The van der Waals surface area contributed by atoms with Crippen molar-refractivity contribution in [1.82, 2.24) is 5.43 Å². The fourth-order valence-corrected chi connectivity index (χ4v) is 4.06. The van der Waals surface area contributed by atoms with Crippen LogP contribution in [0.3, 0.4) is 0 Å². The summed E-state index contributed by atoms with van der Waals surface area (Å²) in [7, 11) is 1.45. The molecule has 7 nitrogen and oxygen atoms in total. The monoisotopic (exact) mass is 558 g/mol. The molecule has 0 radical (unpaired) electrons. The van der Waals surface area contributed by atoms with Gasteiger partial charge in [0.1, 0.15) is 0 Å². The van der Waals surface area contributed by atoms with E-state index in [9.17, 15) is 14.7 Å². The second kappa shape index (κ2) is 11.6. The molecule has 37 heavy (non-hydrogen) atoms. The summed E-state index contributed by atoms with van der Waals surface area (Å²) >= 11 is 3.33. The molecule has 4 aromatic carbocycles. The first-order valence-corrected chi connectivity index (χ1v) is 12.0. The molecule has 0 atom stereocenters. The molecule has 0 bridgehead atoms. The van der Waals surface area contributed by atoms with Gasteiger partial charge in [-0.1, -0.05) is 82.7 Å². The number of hydrogen-bond acceptors (Lipinski definition) is 6. The van der Waals surface area contributed by atoms with Crippen molar-refractivity contribution >= 4 is 34.0 Å². The first kappa shape index (κ1) is 25.8. The number of esters is 1. The average molecular weight is 559 g/mol. The van der Waals surface area contributed by atoms with Crippen LogP contribution in [-0.2, 0) is 10.4 Å². The van der Waals surface area contributed by atoms with Gasteiger partial charge in [0, 0.05) is 4.47 Å². The first-order valence-electron chi connectivity index (χ1n) is 11.2. The summed E-state index contributed by atoms with van der Waals surface area (Å²) in [5.41, 5.74) is 2.26. The Morgan fingerprint density at radius 3 is 2.11 bits per heavy atom. The van der Waals surface area contributed by atoms with Crippen molar-refractivity contribution in [2.75, 3.05) is 7.11 Å². The molecule has 8 heteroatoms. The molecule has 0 heterocycles. The molecule has 4 aromatic rings. The predicted octanol–water partition coefficient (Wildman–Crippen LogP) is 5.06. The van der Waals surface area contributed by atoms with E-state index in [4.69, 9.17) is 9.47 Å². The Morgan fingerprint density at radius 2 is 1.51 bits per heavy atom. The van der Waals surface area contributed by atoms with Crippen LogP contribution in [0.2, 0.25) is 0 Å². The van der Waals surface area contributed by atoms with Crippen LogP contribution in [0.1, 0.15) is 27.0 Å². The molecular formula is C29H23BrN2O5. The van der Waals surface area contributed by atoms with Gasteiger partial charge in [0.05, 0.1) is 18.9 Å². The highest BCUT2D eigenvalue weighted by molar-refractivity contribution is 9.10. The maximum atomic E-state index is 13.2. The summed E-state index contributed by atoms with van der Waals surface area (Å²) in [6.07, 6.45) is 1.40. The molecule has 0 saturated heterocycles. The normalized spacial score (nSPS) is 11.2. The predicted molar refractivity (Wildman–Crippen MR) is 144 cm³/mol. The van der Waals surface area contributed by atoms with Crippen molar-refractivity contribution < 1.29 is 24.2 Å². The van der Waals surface area contributed by atoms with Crippen molar-refractivity contribution in [3.05, 3.63) is 130 Å². The van der Waals surface area contributed by atoms with E-state index in [0.29, 0.717) is 28.0 Å². The van der Waals surface area contributed by atoms with Crippen molar-refractivity contribution in [2.45, 2.75) is 5.60 Å². The summed E-state index contributed by atoms with van der Waals surface area (Å²) in [6, 6.07) is 29.0. The van der Waals surface area contributed by atoms with Crippen molar-refractivity contribution in [1.29, 1.82) is 0 Å². The number of nitrogens with one attached hydrogen (secondary N) is 1. The van der Waals surface area contributed by atoms with Crippen LogP contribution in [0.25, 0.3) is 0 Å². The number of aliphatic hydroxyl groups is 1. The van der Waals surface area contributed by atoms with Gasteiger partial charge in [0.15, 0.2) is 17.1 Å². The number of nitrogens with zero attached hydrogens (tertiary/aromatic N) is 1. The van der Waals surface area contributed by atoms with E-state index in [1.165, 1.54) is 13.3 Å². The number of carbonyl (C=O) groups is 2. The van der Waals surface area contributed by atoms with Crippen molar-refractivity contribution in [2.24, 2.45) is 5.10 Å². The Hall–Kier alpha value is -4.27. The smallest absolute Gasteiger partial charge is 0.343 e. The molecular weight excluding hydrogens is 536 g/mol. The molecule has 0 fully saturated rings. The maximum absolute atomic E-state index is 13.2. The van der Waals surface area contributed by atoms with Crippen LogP contribution < -0.4 is 14.9 Å². The van der Waals surface area contributed by atoms with E-state index < -0.39 is 17.5 Å². The minimum atomic E-state index is -1.94. The molecule has 0 unspecified atom stereocenters.